The van der Waals surface area contributed by atoms with Crippen LogP contribution < -0.4 is 10.0 Å². The molecule has 0 aliphatic rings. The monoisotopic (exact) mass is 375 g/mol. The van der Waals surface area contributed by atoms with Crippen molar-refractivity contribution >= 4 is 21.6 Å². The molecule has 0 aliphatic carbocycles. The molecule has 2 N–H and O–H groups in total. The number of nitrogens with one attached hydrogen (secondary N) is 2. The summed E-state index contributed by atoms with van der Waals surface area (Å²) in [6, 6.07) is 11.7. The third kappa shape index (κ3) is 5.66. The van der Waals surface area contributed by atoms with Crippen LogP contribution in [-0.4, -0.2) is 46.4 Å². The van der Waals surface area contributed by atoms with Gasteiger partial charge in [-0.25, -0.2) is 13.1 Å². The van der Waals surface area contributed by atoms with Crippen LogP contribution in [0.1, 0.15) is 21.5 Å². The largest absolute Gasteiger partial charge is 0.322 e. The molecule has 0 aliphatic heterocycles. The molecule has 0 radical (unpaired) electrons. The highest BCUT2D eigenvalue weighted by Gasteiger charge is 2.15. The van der Waals surface area contributed by atoms with Gasteiger partial charge in [0.05, 0.1) is 4.90 Å². The van der Waals surface area contributed by atoms with Crippen molar-refractivity contribution in [3.63, 3.8) is 0 Å². The summed E-state index contributed by atoms with van der Waals surface area (Å²) in [6.45, 7) is 4.86. The maximum Gasteiger partial charge on any atom is 0.255 e. The number of hydrogen-bond donors (Lipinski definition) is 2. The summed E-state index contributed by atoms with van der Waals surface area (Å²) in [5.74, 6) is -0.278. The van der Waals surface area contributed by atoms with E-state index in [0.29, 0.717) is 18.7 Å². The smallest absolute Gasteiger partial charge is 0.255 e. The van der Waals surface area contributed by atoms with Gasteiger partial charge in [0.1, 0.15) is 0 Å². The number of anilines is 1. The van der Waals surface area contributed by atoms with Crippen molar-refractivity contribution in [2.45, 2.75) is 18.7 Å². The van der Waals surface area contributed by atoms with Crippen LogP contribution in [0.2, 0.25) is 0 Å². The Labute approximate surface area is 155 Å². The first-order valence-corrected chi connectivity index (χ1v) is 9.80. The number of amides is 1. The van der Waals surface area contributed by atoms with Crippen molar-refractivity contribution in [2.75, 3.05) is 32.5 Å². The molecule has 0 heterocycles. The van der Waals surface area contributed by atoms with Gasteiger partial charge in [-0.15, -0.1) is 0 Å². The molecule has 0 bridgehead atoms. The van der Waals surface area contributed by atoms with Crippen LogP contribution in [0.25, 0.3) is 0 Å². The van der Waals surface area contributed by atoms with Gasteiger partial charge in [-0.3, -0.25) is 4.79 Å². The predicted octanol–water partition coefficient (Wildman–Crippen LogP) is 2.40. The van der Waals surface area contributed by atoms with Crippen molar-refractivity contribution in [2.24, 2.45) is 0 Å². The van der Waals surface area contributed by atoms with E-state index in [0.717, 1.165) is 16.8 Å². The normalized spacial score (nSPS) is 11.6. The zero-order valence-electron chi connectivity index (χ0n) is 15.5. The molecule has 0 aromatic heterocycles. The highest BCUT2D eigenvalue weighted by molar-refractivity contribution is 7.89. The molecule has 2 rings (SSSR count). The van der Waals surface area contributed by atoms with Crippen LogP contribution in [0.15, 0.2) is 47.4 Å². The van der Waals surface area contributed by atoms with E-state index in [1.54, 1.807) is 0 Å². The first kappa shape index (κ1) is 20.1. The van der Waals surface area contributed by atoms with Crippen LogP contribution in [0, 0.1) is 13.8 Å². The van der Waals surface area contributed by atoms with Crippen molar-refractivity contribution in [1.29, 1.82) is 0 Å². The second-order valence-corrected chi connectivity index (χ2v) is 8.32. The molecule has 0 atom stereocenters. The summed E-state index contributed by atoms with van der Waals surface area (Å²) in [6.07, 6.45) is 0. The summed E-state index contributed by atoms with van der Waals surface area (Å²) in [5, 5.41) is 2.84. The van der Waals surface area contributed by atoms with Gasteiger partial charge >= 0.3 is 0 Å². The lowest BCUT2D eigenvalue weighted by Gasteiger charge is -2.11. The van der Waals surface area contributed by atoms with E-state index < -0.39 is 10.0 Å². The molecule has 0 unspecified atom stereocenters. The maximum atomic E-state index is 12.4. The quantitative estimate of drug-likeness (QED) is 0.779. The van der Waals surface area contributed by atoms with E-state index in [-0.39, 0.29) is 10.8 Å². The van der Waals surface area contributed by atoms with Gasteiger partial charge in [0.2, 0.25) is 10.0 Å². The Balaban J connectivity index is 2.07. The maximum absolute atomic E-state index is 12.4. The van der Waals surface area contributed by atoms with Gasteiger partial charge in [-0.05, 0) is 75.5 Å². The average Bonchev–Trinajstić information content (AvgIpc) is 2.53. The Hall–Kier alpha value is -2.22. The topological polar surface area (TPSA) is 78.5 Å². The van der Waals surface area contributed by atoms with Crippen LogP contribution in [-0.2, 0) is 10.0 Å². The van der Waals surface area contributed by atoms with E-state index in [9.17, 15) is 13.2 Å². The summed E-state index contributed by atoms with van der Waals surface area (Å²) in [7, 11) is 0.168. The van der Waals surface area contributed by atoms with Gasteiger partial charge in [0, 0.05) is 24.3 Å². The van der Waals surface area contributed by atoms with Crippen LogP contribution in [0.5, 0.6) is 0 Å². The van der Waals surface area contributed by atoms with Crippen molar-refractivity contribution in [1.82, 2.24) is 9.62 Å². The zero-order valence-corrected chi connectivity index (χ0v) is 16.4. The van der Waals surface area contributed by atoms with Crippen LogP contribution in [0.3, 0.4) is 0 Å². The number of benzene rings is 2. The molecule has 2 aromatic rings. The summed E-state index contributed by atoms with van der Waals surface area (Å²) in [5.41, 5.74) is 3.24. The highest BCUT2D eigenvalue weighted by Crippen LogP contribution is 2.16. The van der Waals surface area contributed by atoms with Crippen LogP contribution in [0.4, 0.5) is 5.69 Å². The number of nitrogens with zero attached hydrogens (tertiary/aromatic N) is 1. The van der Waals surface area contributed by atoms with E-state index >= 15 is 0 Å². The van der Waals surface area contributed by atoms with E-state index in [1.165, 1.54) is 24.3 Å². The number of rotatable bonds is 7. The lowest BCUT2D eigenvalue weighted by molar-refractivity contribution is 0.102. The second-order valence-electron chi connectivity index (χ2n) is 6.56. The standard InChI is InChI=1S/C19H25N3O3S/c1-14-11-15(2)13-17(12-14)21-19(23)16-5-7-18(8-6-16)26(24,25)20-9-10-22(3)4/h5-8,11-13,20H,9-10H2,1-4H3,(H,21,23). The first-order valence-electron chi connectivity index (χ1n) is 8.31. The van der Waals surface area contributed by atoms with Gasteiger partial charge < -0.3 is 10.2 Å². The fraction of sp³-hybridized carbons (Fsp3) is 0.316. The Bertz CT molecular complexity index is 855. The minimum Gasteiger partial charge on any atom is -0.322 e. The van der Waals surface area contributed by atoms with Gasteiger partial charge in [-0.1, -0.05) is 6.07 Å². The van der Waals surface area contributed by atoms with Gasteiger partial charge in [-0.2, -0.15) is 0 Å². The van der Waals surface area contributed by atoms with Gasteiger partial charge in [0.25, 0.3) is 5.91 Å². The molecule has 0 fully saturated rings. The number of carbonyl (C=O) groups excluding carboxylic acids is 1. The number of carbonyl (C=O) groups is 1. The fourth-order valence-electron chi connectivity index (χ4n) is 2.52. The minimum absolute atomic E-state index is 0.138. The Kier molecular flexibility index (Phi) is 6.52. The van der Waals surface area contributed by atoms with Crippen molar-refractivity contribution in [3.05, 3.63) is 59.2 Å². The Morgan fingerprint density at radius 3 is 2.12 bits per heavy atom. The molecular formula is C19H25N3O3S. The fourth-order valence-corrected chi connectivity index (χ4v) is 3.54. The molecule has 6 nitrogen and oxygen atoms in total. The second kappa shape index (κ2) is 8.44. The Morgan fingerprint density at radius 1 is 1.00 bits per heavy atom. The molecule has 0 saturated heterocycles. The molecule has 7 heteroatoms. The molecular weight excluding hydrogens is 350 g/mol. The predicted molar refractivity (Wildman–Crippen MR) is 104 cm³/mol. The van der Waals surface area contributed by atoms with Crippen LogP contribution >= 0.6 is 0 Å². The first-order chi connectivity index (χ1) is 12.2. The highest BCUT2D eigenvalue weighted by atomic mass is 32.2. The molecule has 1 amide bonds. The third-order valence-electron chi connectivity index (χ3n) is 3.76. The summed E-state index contributed by atoms with van der Waals surface area (Å²) in [4.78, 5) is 14.4. The molecule has 140 valence electrons. The number of aryl methyl sites for hydroxylation is 2. The SMILES string of the molecule is Cc1cc(C)cc(NC(=O)c2ccc(S(=O)(=O)NCCN(C)C)cc2)c1. The summed E-state index contributed by atoms with van der Waals surface area (Å²) >= 11 is 0. The Morgan fingerprint density at radius 2 is 1.58 bits per heavy atom. The van der Waals surface area contributed by atoms with Gasteiger partial charge in [0.15, 0.2) is 0 Å². The minimum atomic E-state index is -3.58. The van der Waals surface area contributed by atoms with E-state index in [2.05, 4.69) is 10.0 Å². The number of likely N-dealkylation sites (N-methyl/N-ethyl adjacent to an activating group) is 1. The molecule has 0 spiro atoms. The molecule has 0 saturated carbocycles. The number of hydrogen-bond acceptors (Lipinski definition) is 4. The third-order valence-corrected chi connectivity index (χ3v) is 5.23. The molecule has 2 aromatic carbocycles. The summed E-state index contributed by atoms with van der Waals surface area (Å²) < 4.78 is 27.0. The zero-order chi connectivity index (χ0) is 19.3. The van der Waals surface area contributed by atoms with E-state index in [1.807, 2.05) is 51.0 Å². The van der Waals surface area contributed by atoms with E-state index in [4.69, 9.17) is 0 Å². The average molecular weight is 375 g/mol. The van der Waals surface area contributed by atoms with Crippen molar-refractivity contribution < 1.29 is 13.2 Å². The number of sulfonamides is 1. The lowest BCUT2D eigenvalue weighted by Crippen LogP contribution is -2.31. The molecule has 26 heavy (non-hydrogen) atoms. The lowest BCUT2D eigenvalue weighted by atomic mass is 10.1. The van der Waals surface area contributed by atoms with Crippen molar-refractivity contribution in [3.8, 4) is 0 Å².